The third kappa shape index (κ3) is 2.38. The number of aryl methyl sites for hydroxylation is 1. The quantitative estimate of drug-likeness (QED) is 0.866. The fourth-order valence-corrected chi connectivity index (χ4v) is 1.98. The van der Waals surface area contributed by atoms with Crippen LogP contribution in [-0.2, 0) is 11.2 Å². The van der Waals surface area contributed by atoms with Crippen LogP contribution >= 0.6 is 15.9 Å². The Labute approximate surface area is 97.0 Å². The van der Waals surface area contributed by atoms with Crippen molar-refractivity contribution in [1.29, 1.82) is 0 Å². The fourth-order valence-electron chi connectivity index (χ4n) is 1.65. The first-order valence-corrected chi connectivity index (χ1v) is 5.71. The van der Waals surface area contributed by atoms with Crippen LogP contribution in [0.4, 0.5) is 0 Å². The maximum atomic E-state index is 5.04. The highest BCUT2D eigenvalue weighted by Crippen LogP contribution is 2.21. The number of pyridine rings is 1. The highest BCUT2D eigenvalue weighted by molar-refractivity contribution is 9.10. The Morgan fingerprint density at radius 3 is 3.20 bits per heavy atom. The maximum absolute atomic E-state index is 5.04. The molecule has 2 aromatic heterocycles. The second-order valence-corrected chi connectivity index (χ2v) is 4.38. The van der Waals surface area contributed by atoms with Gasteiger partial charge in [-0.2, -0.15) is 0 Å². The summed E-state index contributed by atoms with van der Waals surface area (Å²) in [5, 5.41) is 1.19. The van der Waals surface area contributed by atoms with Crippen LogP contribution in [0.15, 0.2) is 22.9 Å². The molecule has 4 heteroatoms. The molecule has 0 radical (unpaired) electrons. The van der Waals surface area contributed by atoms with Crippen molar-refractivity contribution in [2.75, 3.05) is 13.7 Å². The van der Waals surface area contributed by atoms with Gasteiger partial charge in [-0.15, -0.1) is 0 Å². The third-order valence-corrected chi connectivity index (χ3v) is 2.81. The Morgan fingerprint density at radius 2 is 2.40 bits per heavy atom. The molecule has 0 saturated heterocycles. The number of ether oxygens (including phenoxy) is 1. The minimum absolute atomic E-state index is 0.800. The van der Waals surface area contributed by atoms with Gasteiger partial charge < -0.3 is 9.72 Å². The van der Waals surface area contributed by atoms with Crippen molar-refractivity contribution < 1.29 is 4.74 Å². The molecule has 1 N–H and O–H groups in total. The number of methoxy groups -OCH3 is 1. The molecule has 0 aliphatic carbocycles. The molecule has 3 nitrogen and oxygen atoms in total. The van der Waals surface area contributed by atoms with Crippen LogP contribution < -0.4 is 0 Å². The van der Waals surface area contributed by atoms with E-state index in [1.807, 2.05) is 6.20 Å². The summed E-state index contributed by atoms with van der Waals surface area (Å²) < 4.78 is 6.06. The summed E-state index contributed by atoms with van der Waals surface area (Å²) in [6, 6.07) is 2.10. The predicted octanol–water partition coefficient (Wildman–Crippen LogP) is 2.90. The van der Waals surface area contributed by atoms with E-state index in [0.29, 0.717) is 0 Å². The normalized spacial score (nSPS) is 11.1. The average molecular weight is 269 g/mol. The zero-order valence-corrected chi connectivity index (χ0v) is 10.2. The van der Waals surface area contributed by atoms with Gasteiger partial charge in [0.15, 0.2) is 0 Å². The Morgan fingerprint density at radius 1 is 1.53 bits per heavy atom. The predicted molar refractivity (Wildman–Crippen MR) is 64.0 cm³/mol. The summed E-state index contributed by atoms with van der Waals surface area (Å²) in [6.45, 7) is 0.800. The molecule has 0 aromatic carbocycles. The van der Waals surface area contributed by atoms with Crippen molar-refractivity contribution in [3.05, 3.63) is 28.5 Å². The molecular weight excluding hydrogens is 256 g/mol. The van der Waals surface area contributed by atoms with Crippen LogP contribution in [0.1, 0.15) is 12.0 Å². The lowest BCUT2D eigenvalue weighted by Crippen LogP contribution is -1.91. The van der Waals surface area contributed by atoms with E-state index in [1.165, 1.54) is 10.9 Å². The lowest BCUT2D eigenvalue weighted by Gasteiger charge is -1.99. The Kier molecular flexibility index (Phi) is 3.38. The number of nitrogens with one attached hydrogen (secondary N) is 1. The van der Waals surface area contributed by atoms with Gasteiger partial charge in [0.05, 0.1) is 0 Å². The second kappa shape index (κ2) is 4.77. The molecule has 0 fully saturated rings. The summed E-state index contributed by atoms with van der Waals surface area (Å²) >= 11 is 3.43. The molecule has 2 heterocycles. The van der Waals surface area contributed by atoms with Crippen molar-refractivity contribution in [3.63, 3.8) is 0 Å². The minimum atomic E-state index is 0.800. The standard InChI is InChI=1S/C11H13BrN2O/c1-15-4-2-3-8-6-13-11-10(8)5-9(12)7-14-11/h5-7H,2-4H2,1H3,(H,13,14). The summed E-state index contributed by atoms with van der Waals surface area (Å²) in [6.07, 6.45) is 5.89. The van der Waals surface area contributed by atoms with Crippen molar-refractivity contribution in [3.8, 4) is 0 Å². The summed E-state index contributed by atoms with van der Waals surface area (Å²) in [4.78, 5) is 7.47. The fraction of sp³-hybridized carbons (Fsp3) is 0.364. The molecule has 0 amide bonds. The van der Waals surface area contributed by atoms with Crippen LogP contribution in [0.5, 0.6) is 0 Å². The number of fused-ring (bicyclic) bond motifs is 1. The number of hydrogen-bond donors (Lipinski definition) is 1. The minimum Gasteiger partial charge on any atom is -0.385 e. The molecule has 0 atom stereocenters. The van der Waals surface area contributed by atoms with E-state index >= 15 is 0 Å². The number of aromatic nitrogens is 2. The molecule has 2 aromatic rings. The number of aromatic amines is 1. The summed E-state index contributed by atoms with van der Waals surface area (Å²) in [7, 11) is 1.73. The van der Waals surface area contributed by atoms with Gasteiger partial charge in [-0.1, -0.05) is 0 Å². The molecule has 0 aliphatic heterocycles. The van der Waals surface area contributed by atoms with Gasteiger partial charge in [0, 0.05) is 36.0 Å². The van der Waals surface area contributed by atoms with Crippen LogP contribution in [0.3, 0.4) is 0 Å². The molecule has 0 bridgehead atoms. The third-order valence-electron chi connectivity index (χ3n) is 2.38. The molecule has 0 unspecified atom stereocenters. The molecule has 80 valence electrons. The van der Waals surface area contributed by atoms with Crippen LogP contribution in [-0.4, -0.2) is 23.7 Å². The van der Waals surface area contributed by atoms with Gasteiger partial charge in [0.25, 0.3) is 0 Å². The number of hydrogen-bond acceptors (Lipinski definition) is 2. The molecule has 0 aliphatic rings. The Bertz CT molecular complexity index is 453. The molecule has 2 rings (SSSR count). The highest BCUT2D eigenvalue weighted by Gasteiger charge is 2.04. The van der Waals surface area contributed by atoms with E-state index in [1.54, 1.807) is 13.3 Å². The lowest BCUT2D eigenvalue weighted by atomic mass is 10.1. The van der Waals surface area contributed by atoms with Crippen molar-refractivity contribution in [2.45, 2.75) is 12.8 Å². The molecule has 15 heavy (non-hydrogen) atoms. The van der Waals surface area contributed by atoms with Crippen LogP contribution in [0, 0.1) is 0 Å². The number of rotatable bonds is 4. The Hall–Kier alpha value is -0.870. The van der Waals surface area contributed by atoms with Crippen molar-refractivity contribution in [1.82, 2.24) is 9.97 Å². The Balaban J connectivity index is 2.23. The van der Waals surface area contributed by atoms with E-state index in [9.17, 15) is 0 Å². The average Bonchev–Trinajstić information content (AvgIpc) is 2.62. The first-order valence-electron chi connectivity index (χ1n) is 4.91. The SMILES string of the molecule is COCCCc1c[nH]c2ncc(Br)cc12. The van der Waals surface area contributed by atoms with Gasteiger partial charge in [-0.05, 0) is 40.4 Å². The van der Waals surface area contributed by atoms with Crippen LogP contribution in [0.25, 0.3) is 11.0 Å². The summed E-state index contributed by atoms with van der Waals surface area (Å²) in [5.74, 6) is 0. The van der Waals surface area contributed by atoms with E-state index in [2.05, 4.69) is 32.0 Å². The second-order valence-electron chi connectivity index (χ2n) is 3.46. The van der Waals surface area contributed by atoms with Gasteiger partial charge in [0.2, 0.25) is 0 Å². The van der Waals surface area contributed by atoms with E-state index in [4.69, 9.17) is 4.74 Å². The number of halogens is 1. The number of H-pyrrole nitrogens is 1. The molecular formula is C11H13BrN2O. The smallest absolute Gasteiger partial charge is 0.137 e. The van der Waals surface area contributed by atoms with E-state index in [-0.39, 0.29) is 0 Å². The molecule has 0 spiro atoms. The van der Waals surface area contributed by atoms with E-state index < -0.39 is 0 Å². The lowest BCUT2D eigenvalue weighted by molar-refractivity contribution is 0.195. The zero-order chi connectivity index (χ0) is 10.7. The monoisotopic (exact) mass is 268 g/mol. The van der Waals surface area contributed by atoms with Gasteiger partial charge in [-0.3, -0.25) is 0 Å². The number of nitrogens with zero attached hydrogens (tertiary/aromatic N) is 1. The van der Waals surface area contributed by atoms with Gasteiger partial charge >= 0.3 is 0 Å². The first kappa shape index (κ1) is 10.6. The van der Waals surface area contributed by atoms with Gasteiger partial charge in [-0.25, -0.2) is 4.98 Å². The maximum Gasteiger partial charge on any atom is 0.137 e. The van der Waals surface area contributed by atoms with Gasteiger partial charge in [0.1, 0.15) is 5.65 Å². The highest BCUT2D eigenvalue weighted by atomic mass is 79.9. The zero-order valence-electron chi connectivity index (χ0n) is 8.59. The van der Waals surface area contributed by atoms with E-state index in [0.717, 1.165) is 29.6 Å². The van der Waals surface area contributed by atoms with Crippen LogP contribution in [0.2, 0.25) is 0 Å². The first-order chi connectivity index (χ1) is 7.31. The largest absolute Gasteiger partial charge is 0.385 e. The topological polar surface area (TPSA) is 37.9 Å². The molecule has 0 saturated carbocycles. The van der Waals surface area contributed by atoms with Crippen molar-refractivity contribution in [2.24, 2.45) is 0 Å². The summed E-state index contributed by atoms with van der Waals surface area (Å²) in [5.41, 5.74) is 2.25. The van der Waals surface area contributed by atoms with Crippen molar-refractivity contribution >= 4 is 27.0 Å².